The molecule has 0 radical (unpaired) electrons. The molecule has 0 saturated carbocycles. The van der Waals surface area contributed by atoms with Crippen molar-refractivity contribution in [3.05, 3.63) is 30.0 Å². The minimum Gasteiger partial charge on any atom is -0.426 e. The summed E-state index contributed by atoms with van der Waals surface area (Å²) in [5, 5.41) is 0.984. The molecule has 0 spiro atoms. The van der Waals surface area contributed by atoms with E-state index in [2.05, 4.69) is 14.9 Å². The number of H-pyrrole nitrogens is 1. The molecule has 26 heavy (non-hydrogen) atoms. The lowest BCUT2D eigenvalue weighted by molar-refractivity contribution is -0.134. The number of hydrogen-bond donors (Lipinski definition) is 2. The Labute approximate surface area is 155 Å². The zero-order valence-corrected chi connectivity index (χ0v) is 16.4. The Bertz CT molecular complexity index is 786. The second-order valence-electron chi connectivity index (χ2n) is 7.59. The maximum atomic E-state index is 12.4. The lowest BCUT2D eigenvalue weighted by Gasteiger charge is -2.19. The van der Waals surface area contributed by atoms with Gasteiger partial charge in [-0.2, -0.15) is 0 Å². The quantitative estimate of drug-likeness (QED) is 0.329. The van der Waals surface area contributed by atoms with E-state index in [-0.39, 0.29) is 17.9 Å². The Kier molecular flexibility index (Phi) is 6.42. The van der Waals surface area contributed by atoms with Crippen molar-refractivity contribution in [2.75, 3.05) is 20.6 Å². The van der Waals surface area contributed by atoms with Crippen LogP contribution in [0, 0.1) is 0 Å². The number of aromatic nitrogens is 1. The second kappa shape index (κ2) is 8.36. The highest BCUT2D eigenvalue weighted by molar-refractivity contribution is 5.91. The van der Waals surface area contributed by atoms with Crippen LogP contribution in [0.15, 0.2) is 29.4 Å². The summed E-state index contributed by atoms with van der Waals surface area (Å²) in [5.41, 5.74) is 7.40. The smallest absolute Gasteiger partial charge is 0.311 e. The summed E-state index contributed by atoms with van der Waals surface area (Å²) in [6.45, 7) is 6.60. The molecule has 6 nitrogen and oxygen atoms in total. The van der Waals surface area contributed by atoms with E-state index in [1.807, 2.05) is 52.3 Å². The first-order valence-electron chi connectivity index (χ1n) is 8.94. The SMILES string of the molecule is CC(N)=NC(C)(C)CCC(=O)Oc1cccc2[nH]cc(CCN(C)C)c12. The number of aliphatic imine (C=N–C) groups is 1. The fraction of sp³-hybridized carbons (Fsp3) is 0.500. The van der Waals surface area contributed by atoms with Crippen LogP contribution in [0.5, 0.6) is 5.75 Å². The number of benzene rings is 1. The summed E-state index contributed by atoms with van der Waals surface area (Å²) >= 11 is 0. The van der Waals surface area contributed by atoms with Gasteiger partial charge in [-0.3, -0.25) is 9.79 Å². The van der Waals surface area contributed by atoms with Gasteiger partial charge in [0.25, 0.3) is 0 Å². The minimum atomic E-state index is -0.380. The number of aromatic amines is 1. The van der Waals surface area contributed by atoms with Crippen molar-refractivity contribution in [1.82, 2.24) is 9.88 Å². The molecule has 0 unspecified atom stereocenters. The third-order valence-corrected chi connectivity index (χ3v) is 4.22. The van der Waals surface area contributed by atoms with E-state index in [1.54, 1.807) is 6.92 Å². The molecule has 1 heterocycles. The summed E-state index contributed by atoms with van der Waals surface area (Å²) in [4.78, 5) is 22.1. The second-order valence-corrected chi connectivity index (χ2v) is 7.59. The number of hydrogen-bond acceptors (Lipinski definition) is 4. The number of esters is 1. The van der Waals surface area contributed by atoms with Crippen molar-refractivity contribution < 1.29 is 9.53 Å². The number of ether oxygens (including phenoxy) is 1. The first kappa shape index (κ1) is 20.0. The maximum Gasteiger partial charge on any atom is 0.311 e. The molecule has 0 amide bonds. The summed E-state index contributed by atoms with van der Waals surface area (Å²) in [5.74, 6) is 0.875. The van der Waals surface area contributed by atoms with E-state index in [4.69, 9.17) is 10.5 Å². The first-order chi connectivity index (χ1) is 12.2. The summed E-state index contributed by atoms with van der Waals surface area (Å²) < 4.78 is 5.68. The fourth-order valence-electron chi connectivity index (χ4n) is 2.96. The van der Waals surface area contributed by atoms with Gasteiger partial charge in [-0.1, -0.05) is 6.07 Å². The van der Waals surface area contributed by atoms with E-state index in [1.165, 1.54) is 0 Å². The Morgan fingerprint density at radius 3 is 2.73 bits per heavy atom. The van der Waals surface area contributed by atoms with Gasteiger partial charge in [-0.15, -0.1) is 0 Å². The van der Waals surface area contributed by atoms with Gasteiger partial charge in [-0.25, -0.2) is 0 Å². The van der Waals surface area contributed by atoms with Gasteiger partial charge in [0.15, 0.2) is 0 Å². The third kappa shape index (κ3) is 5.59. The van der Waals surface area contributed by atoms with Crippen LogP contribution >= 0.6 is 0 Å². The maximum absolute atomic E-state index is 12.4. The Morgan fingerprint density at radius 1 is 1.35 bits per heavy atom. The standard InChI is InChI=1S/C20H30N4O2/c1-14(21)23-20(2,3)11-9-18(25)26-17-8-6-7-16-19(17)15(13-22-16)10-12-24(4)5/h6-8,13,22H,9-12H2,1-5H3,(H2,21,23). The number of carbonyl (C=O) groups is 1. The van der Waals surface area contributed by atoms with Gasteiger partial charge in [-0.05, 0) is 65.4 Å². The number of nitrogens with zero attached hydrogens (tertiary/aromatic N) is 2. The number of likely N-dealkylation sites (N-methyl/N-ethyl adjacent to an activating group) is 1. The molecular weight excluding hydrogens is 328 g/mol. The van der Waals surface area contributed by atoms with Crippen LogP contribution in [0.4, 0.5) is 0 Å². The van der Waals surface area contributed by atoms with Crippen LogP contribution in [-0.4, -0.2) is 47.9 Å². The topological polar surface area (TPSA) is 83.7 Å². The first-order valence-corrected chi connectivity index (χ1v) is 8.94. The monoisotopic (exact) mass is 358 g/mol. The largest absolute Gasteiger partial charge is 0.426 e. The molecule has 0 aliphatic rings. The lowest BCUT2D eigenvalue weighted by atomic mass is 9.99. The molecule has 142 valence electrons. The highest BCUT2D eigenvalue weighted by Crippen LogP contribution is 2.30. The molecule has 6 heteroatoms. The van der Waals surface area contributed by atoms with Crippen LogP contribution in [0.1, 0.15) is 39.2 Å². The minimum absolute atomic E-state index is 0.254. The van der Waals surface area contributed by atoms with Gasteiger partial charge in [0, 0.05) is 30.1 Å². The van der Waals surface area contributed by atoms with Gasteiger partial charge < -0.3 is 20.4 Å². The van der Waals surface area contributed by atoms with Crippen molar-refractivity contribution in [1.29, 1.82) is 0 Å². The van der Waals surface area contributed by atoms with Crippen molar-refractivity contribution in [2.45, 2.75) is 45.6 Å². The summed E-state index contributed by atoms with van der Waals surface area (Å²) in [6, 6.07) is 5.73. The van der Waals surface area contributed by atoms with E-state index >= 15 is 0 Å². The molecule has 0 bridgehead atoms. The van der Waals surface area contributed by atoms with Gasteiger partial charge in [0.1, 0.15) is 5.75 Å². The van der Waals surface area contributed by atoms with Gasteiger partial charge >= 0.3 is 5.97 Å². The molecule has 1 aromatic heterocycles. The van der Waals surface area contributed by atoms with Gasteiger partial charge in [0.2, 0.25) is 0 Å². The molecule has 2 rings (SSSR count). The zero-order chi connectivity index (χ0) is 19.3. The highest BCUT2D eigenvalue weighted by Gasteiger charge is 2.20. The lowest BCUT2D eigenvalue weighted by Crippen LogP contribution is -2.24. The van der Waals surface area contributed by atoms with Crippen LogP contribution in [0.2, 0.25) is 0 Å². The predicted octanol–water partition coefficient (Wildman–Crippen LogP) is 3.11. The fourth-order valence-corrected chi connectivity index (χ4v) is 2.96. The van der Waals surface area contributed by atoms with E-state index in [0.717, 1.165) is 29.4 Å². The number of nitrogens with two attached hydrogens (primary N) is 1. The average Bonchev–Trinajstić information content (AvgIpc) is 2.94. The molecule has 0 aliphatic heterocycles. The molecule has 1 aromatic carbocycles. The van der Waals surface area contributed by atoms with Crippen LogP contribution in [0.25, 0.3) is 10.9 Å². The van der Waals surface area contributed by atoms with Crippen LogP contribution in [0.3, 0.4) is 0 Å². The zero-order valence-electron chi connectivity index (χ0n) is 16.4. The molecule has 0 aliphatic carbocycles. The Balaban J connectivity index is 2.11. The van der Waals surface area contributed by atoms with Crippen molar-refractivity contribution in [2.24, 2.45) is 10.7 Å². The summed E-state index contributed by atoms with van der Waals surface area (Å²) in [6.07, 6.45) is 3.75. The molecule has 2 aromatic rings. The van der Waals surface area contributed by atoms with Crippen molar-refractivity contribution >= 4 is 22.7 Å². The van der Waals surface area contributed by atoms with Crippen molar-refractivity contribution in [3.63, 3.8) is 0 Å². The number of amidine groups is 1. The molecule has 3 N–H and O–H groups in total. The Morgan fingerprint density at radius 2 is 2.08 bits per heavy atom. The average molecular weight is 358 g/mol. The summed E-state index contributed by atoms with van der Waals surface area (Å²) in [7, 11) is 4.09. The van der Waals surface area contributed by atoms with Crippen LogP contribution in [-0.2, 0) is 11.2 Å². The van der Waals surface area contributed by atoms with E-state index in [0.29, 0.717) is 18.0 Å². The highest BCUT2D eigenvalue weighted by atomic mass is 16.5. The molecular formula is C20H30N4O2. The third-order valence-electron chi connectivity index (χ3n) is 4.22. The molecule has 0 saturated heterocycles. The van der Waals surface area contributed by atoms with E-state index in [9.17, 15) is 4.79 Å². The number of nitrogens with one attached hydrogen (secondary N) is 1. The molecule has 0 atom stereocenters. The van der Waals surface area contributed by atoms with Gasteiger partial charge in [0.05, 0.1) is 11.4 Å². The normalized spacial score (nSPS) is 12.8. The van der Waals surface area contributed by atoms with E-state index < -0.39 is 0 Å². The Hall–Kier alpha value is -2.34. The number of rotatable bonds is 8. The number of carbonyl (C=O) groups excluding carboxylic acids is 1. The van der Waals surface area contributed by atoms with Crippen molar-refractivity contribution in [3.8, 4) is 5.75 Å². The predicted molar refractivity (Wildman–Crippen MR) is 107 cm³/mol. The number of fused-ring (bicyclic) bond motifs is 1. The van der Waals surface area contributed by atoms with Crippen LogP contribution < -0.4 is 10.5 Å². The molecule has 0 fully saturated rings.